The topological polar surface area (TPSA) is 33.1 Å². The predicted octanol–water partition coefficient (Wildman–Crippen LogP) is 2.57. The monoisotopic (exact) mass is 173 g/mol. The van der Waals surface area contributed by atoms with Gasteiger partial charge in [-0.15, -0.1) is 0 Å². The molecule has 0 bridgehead atoms. The fourth-order valence-corrected chi connectivity index (χ4v) is 1.49. The van der Waals surface area contributed by atoms with E-state index < -0.39 is 0 Å². The van der Waals surface area contributed by atoms with Gasteiger partial charge in [-0.1, -0.05) is 12.1 Å². The summed E-state index contributed by atoms with van der Waals surface area (Å²) in [4.78, 5) is 4.05. The Morgan fingerprint density at radius 1 is 1.46 bits per heavy atom. The number of pyridine rings is 1. The van der Waals surface area contributed by atoms with Crippen LogP contribution in [0.15, 0.2) is 48.5 Å². The Morgan fingerprint density at radius 2 is 2.38 bits per heavy atom. The molecule has 0 aliphatic heterocycles. The molecule has 0 saturated heterocycles. The van der Waals surface area contributed by atoms with E-state index in [1.165, 1.54) is 0 Å². The molecule has 2 nitrogen and oxygen atoms in total. The number of allylic oxidation sites excluding steroid dienone is 3. The van der Waals surface area contributed by atoms with Crippen molar-refractivity contribution in [2.45, 2.75) is 12.3 Å². The molecule has 1 heterocycles. The van der Waals surface area contributed by atoms with E-state index in [0.717, 1.165) is 12.0 Å². The van der Waals surface area contributed by atoms with Crippen molar-refractivity contribution in [3.05, 3.63) is 54.1 Å². The van der Waals surface area contributed by atoms with Crippen molar-refractivity contribution in [3.63, 3.8) is 0 Å². The number of aliphatic hydroxyl groups is 1. The van der Waals surface area contributed by atoms with Crippen LogP contribution in [0.5, 0.6) is 0 Å². The quantitative estimate of drug-likeness (QED) is 0.708. The smallest absolute Gasteiger partial charge is 0.111 e. The zero-order valence-corrected chi connectivity index (χ0v) is 7.22. The number of aliphatic hydroxyl groups excluding tert-OH is 1. The summed E-state index contributed by atoms with van der Waals surface area (Å²) in [5.74, 6) is 0.624. The highest BCUT2D eigenvalue weighted by molar-refractivity contribution is 5.28. The number of hydrogen-bond donors (Lipinski definition) is 1. The first-order chi connectivity index (χ1) is 6.36. The van der Waals surface area contributed by atoms with Crippen LogP contribution in [0, 0.1) is 0 Å². The minimum Gasteiger partial charge on any atom is -0.508 e. The molecule has 0 saturated carbocycles. The third kappa shape index (κ3) is 1.78. The Bertz CT molecular complexity index is 340. The molecule has 2 rings (SSSR count). The zero-order valence-electron chi connectivity index (χ0n) is 7.22. The standard InChI is InChI=1S/C11H11NO/c13-11-5-1-3-9(7-11)10-4-2-6-12-8-10/h1-2,4-9,13H,3H2. The molecule has 1 aliphatic carbocycles. The molecule has 0 fully saturated rings. The second-order valence-corrected chi connectivity index (χ2v) is 3.12. The van der Waals surface area contributed by atoms with E-state index in [0.29, 0.717) is 5.76 Å². The number of hydrogen-bond acceptors (Lipinski definition) is 2. The van der Waals surface area contributed by atoms with Gasteiger partial charge in [-0.25, -0.2) is 0 Å². The van der Waals surface area contributed by atoms with Gasteiger partial charge in [-0.05, 0) is 30.2 Å². The summed E-state index contributed by atoms with van der Waals surface area (Å²) >= 11 is 0. The molecular weight excluding hydrogens is 162 g/mol. The third-order valence-electron chi connectivity index (χ3n) is 2.16. The van der Waals surface area contributed by atoms with Gasteiger partial charge in [0.25, 0.3) is 0 Å². The van der Waals surface area contributed by atoms with Crippen molar-refractivity contribution in [2.75, 3.05) is 0 Å². The summed E-state index contributed by atoms with van der Waals surface area (Å²) in [6, 6.07) is 3.94. The van der Waals surface area contributed by atoms with Gasteiger partial charge >= 0.3 is 0 Å². The normalized spacial score (nSPS) is 21.2. The van der Waals surface area contributed by atoms with Gasteiger partial charge < -0.3 is 5.11 Å². The lowest BCUT2D eigenvalue weighted by Gasteiger charge is -2.13. The molecule has 13 heavy (non-hydrogen) atoms. The molecular formula is C11H11NO. The van der Waals surface area contributed by atoms with Gasteiger partial charge in [-0.2, -0.15) is 0 Å². The van der Waals surface area contributed by atoms with Gasteiger partial charge in [-0.3, -0.25) is 4.98 Å². The van der Waals surface area contributed by atoms with E-state index >= 15 is 0 Å². The van der Waals surface area contributed by atoms with E-state index in [2.05, 4.69) is 4.98 Å². The van der Waals surface area contributed by atoms with Crippen LogP contribution in [0.1, 0.15) is 17.9 Å². The molecule has 1 aromatic heterocycles. The molecule has 1 N–H and O–H groups in total. The van der Waals surface area contributed by atoms with Gasteiger partial charge in [0.05, 0.1) is 0 Å². The average molecular weight is 173 g/mol. The minimum absolute atomic E-state index is 0.277. The Balaban J connectivity index is 2.24. The van der Waals surface area contributed by atoms with Crippen molar-refractivity contribution in [2.24, 2.45) is 0 Å². The predicted molar refractivity (Wildman–Crippen MR) is 51.4 cm³/mol. The van der Waals surface area contributed by atoms with E-state index in [1.807, 2.05) is 30.5 Å². The molecule has 0 radical (unpaired) electrons. The number of nitrogens with zero attached hydrogens (tertiary/aromatic N) is 1. The Hall–Kier alpha value is -1.57. The highest BCUT2D eigenvalue weighted by Gasteiger charge is 2.10. The molecule has 0 amide bonds. The van der Waals surface area contributed by atoms with Crippen LogP contribution >= 0.6 is 0 Å². The Kier molecular flexibility index (Phi) is 2.13. The van der Waals surface area contributed by atoms with Crippen molar-refractivity contribution >= 4 is 0 Å². The molecule has 1 aliphatic rings. The van der Waals surface area contributed by atoms with Crippen molar-refractivity contribution in [1.82, 2.24) is 4.98 Å². The summed E-state index contributed by atoms with van der Waals surface area (Å²) in [6.45, 7) is 0. The minimum atomic E-state index is 0.277. The number of rotatable bonds is 1. The van der Waals surface area contributed by atoms with Crippen LogP contribution in [0.2, 0.25) is 0 Å². The lowest BCUT2D eigenvalue weighted by atomic mass is 9.93. The highest BCUT2D eigenvalue weighted by Crippen LogP contribution is 2.25. The zero-order chi connectivity index (χ0) is 9.10. The van der Waals surface area contributed by atoms with Gasteiger partial charge in [0.2, 0.25) is 0 Å². The lowest BCUT2D eigenvalue weighted by Crippen LogP contribution is -1.99. The van der Waals surface area contributed by atoms with Crippen LogP contribution in [0.3, 0.4) is 0 Å². The van der Waals surface area contributed by atoms with E-state index in [1.54, 1.807) is 12.3 Å². The highest BCUT2D eigenvalue weighted by atomic mass is 16.3. The van der Waals surface area contributed by atoms with Crippen LogP contribution in [-0.4, -0.2) is 10.1 Å². The maximum Gasteiger partial charge on any atom is 0.111 e. The lowest BCUT2D eigenvalue weighted by molar-refractivity contribution is 0.424. The van der Waals surface area contributed by atoms with Crippen molar-refractivity contribution in [3.8, 4) is 0 Å². The van der Waals surface area contributed by atoms with E-state index in [4.69, 9.17) is 0 Å². The van der Waals surface area contributed by atoms with Crippen molar-refractivity contribution < 1.29 is 5.11 Å². The van der Waals surface area contributed by atoms with Gasteiger partial charge in [0.1, 0.15) is 5.76 Å². The van der Waals surface area contributed by atoms with Crippen LogP contribution in [0.25, 0.3) is 0 Å². The maximum atomic E-state index is 9.29. The molecule has 66 valence electrons. The second kappa shape index (κ2) is 3.44. The molecule has 2 heteroatoms. The van der Waals surface area contributed by atoms with Crippen LogP contribution < -0.4 is 0 Å². The molecule has 0 spiro atoms. The first-order valence-electron chi connectivity index (χ1n) is 4.33. The van der Waals surface area contributed by atoms with Gasteiger partial charge in [0, 0.05) is 18.3 Å². The largest absolute Gasteiger partial charge is 0.508 e. The van der Waals surface area contributed by atoms with Gasteiger partial charge in [0.15, 0.2) is 0 Å². The summed E-state index contributed by atoms with van der Waals surface area (Å²) in [5, 5.41) is 9.29. The Labute approximate surface area is 77.2 Å². The fourth-order valence-electron chi connectivity index (χ4n) is 1.49. The third-order valence-corrected chi connectivity index (χ3v) is 2.16. The van der Waals surface area contributed by atoms with E-state index in [9.17, 15) is 5.11 Å². The molecule has 1 unspecified atom stereocenters. The first kappa shape index (κ1) is 8.05. The Morgan fingerprint density at radius 3 is 3.08 bits per heavy atom. The van der Waals surface area contributed by atoms with Crippen LogP contribution in [0.4, 0.5) is 0 Å². The summed E-state index contributed by atoms with van der Waals surface area (Å²) in [7, 11) is 0. The molecule has 0 aromatic carbocycles. The maximum absolute atomic E-state index is 9.29. The fraction of sp³-hybridized carbons (Fsp3) is 0.182. The molecule has 1 atom stereocenters. The van der Waals surface area contributed by atoms with Crippen molar-refractivity contribution in [1.29, 1.82) is 0 Å². The second-order valence-electron chi connectivity index (χ2n) is 3.12. The SMILES string of the molecule is OC1=CC(c2cccnc2)CC=C1. The summed E-state index contributed by atoms with van der Waals surface area (Å²) in [5.41, 5.74) is 1.15. The summed E-state index contributed by atoms with van der Waals surface area (Å²) < 4.78 is 0. The average Bonchev–Trinajstić information content (AvgIpc) is 2.19. The first-order valence-corrected chi connectivity index (χ1v) is 4.33. The van der Waals surface area contributed by atoms with E-state index in [-0.39, 0.29) is 5.92 Å². The molecule has 1 aromatic rings. The van der Waals surface area contributed by atoms with Crippen LogP contribution in [-0.2, 0) is 0 Å². The number of aromatic nitrogens is 1. The summed E-state index contributed by atoms with van der Waals surface area (Å²) in [6.07, 6.45) is 10.1.